The molecule has 0 aromatic heterocycles. The Morgan fingerprint density at radius 2 is 1.67 bits per heavy atom. The molecule has 0 heterocycles. The second kappa shape index (κ2) is 7.72. The molecule has 2 aromatic carbocycles. The van der Waals surface area contributed by atoms with Crippen LogP contribution in [0, 0.1) is 17.8 Å². The van der Waals surface area contributed by atoms with Gasteiger partial charge >= 0.3 is 0 Å². The summed E-state index contributed by atoms with van der Waals surface area (Å²) in [6, 6.07) is 16.8. The van der Waals surface area contributed by atoms with Gasteiger partial charge in [-0.3, -0.25) is 0 Å². The normalized spacial score (nSPS) is 27.4. The third-order valence-electron chi connectivity index (χ3n) is 6.29. The molecule has 1 nitrogen and oxygen atoms in total. The molecule has 2 aliphatic rings. The summed E-state index contributed by atoms with van der Waals surface area (Å²) >= 11 is 6.90. The molecule has 0 aliphatic heterocycles. The van der Waals surface area contributed by atoms with E-state index in [1.54, 1.807) is 0 Å². The van der Waals surface area contributed by atoms with Crippen LogP contribution in [-0.2, 0) is 4.74 Å². The minimum atomic E-state index is -0.152. The van der Waals surface area contributed by atoms with Crippen LogP contribution in [0.5, 0.6) is 0 Å². The predicted molar refractivity (Wildman–Crippen MR) is 115 cm³/mol. The van der Waals surface area contributed by atoms with Crippen molar-refractivity contribution in [1.82, 2.24) is 0 Å². The molecule has 0 spiro atoms. The molecule has 0 amide bonds. The molecule has 4 rings (SSSR count). The van der Waals surface area contributed by atoms with Crippen molar-refractivity contribution in [2.45, 2.75) is 51.5 Å². The van der Waals surface area contributed by atoms with Crippen molar-refractivity contribution in [3.63, 3.8) is 0 Å². The van der Waals surface area contributed by atoms with Crippen molar-refractivity contribution in [2.24, 2.45) is 17.8 Å². The molecular weight excluding hydrogens is 352 g/mol. The number of rotatable bonds is 3. The number of alkyl halides is 1. The lowest BCUT2D eigenvalue weighted by molar-refractivity contribution is 0.0265. The van der Waals surface area contributed by atoms with Crippen molar-refractivity contribution in [2.75, 3.05) is 0 Å². The molecule has 1 fully saturated rings. The molecule has 1 saturated carbocycles. The summed E-state index contributed by atoms with van der Waals surface area (Å²) in [5, 5.41) is -0.152. The predicted octanol–water partition coefficient (Wildman–Crippen LogP) is 7.30. The molecule has 0 saturated heterocycles. The SMILES string of the molecule is CC(C)[C@@H]1CC[C@@H](C)CC1OC1=Cc2ccccc2C(Cl)c2ccccc21. The van der Waals surface area contributed by atoms with E-state index in [4.69, 9.17) is 16.3 Å². The largest absolute Gasteiger partial charge is 0.489 e. The highest BCUT2D eigenvalue weighted by molar-refractivity contribution is 6.23. The second-order valence-corrected chi connectivity index (χ2v) is 9.01. The Morgan fingerprint density at radius 1 is 0.963 bits per heavy atom. The fourth-order valence-electron chi connectivity index (χ4n) is 4.71. The number of ether oxygens (including phenoxy) is 1. The minimum Gasteiger partial charge on any atom is -0.489 e. The maximum Gasteiger partial charge on any atom is 0.127 e. The summed E-state index contributed by atoms with van der Waals surface area (Å²) in [4.78, 5) is 0. The monoisotopic (exact) mass is 380 g/mol. The van der Waals surface area contributed by atoms with Crippen molar-refractivity contribution < 1.29 is 4.74 Å². The van der Waals surface area contributed by atoms with Crippen molar-refractivity contribution in [3.8, 4) is 0 Å². The van der Waals surface area contributed by atoms with E-state index in [-0.39, 0.29) is 11.5 Å². The highest BCUT2D eigenvalue weighted by Crippen LogP contribution is 2.43. The van der Waals surface area contributed by atoms with Gasteiger partial charge in [0.1, 0.15) is 11.9 Å². The lowest BCUT2D eigenvalue weighted by Crippen LogP contribution is -2.34. The van der Waals surface area contributed by atoms with Gasteiger partial charge in [-0.25, -0.2) is 0 Å². The van der Waals surface area contributed by atoms with E-state index in [0.29, 0.717) is 11.8 Å². The molecule has 142 valence electrons. The fraction of sp³-hybridized carbons (Fsp3) is 0.440. The quantitative estimate of drug-likeness (QED) is 0.507. The van der Waals surface area contributed by atoms with Crippen LogP contribution >= 0.6 is 11.6 Å². The zero-order chi connectivity index (χ0) is 19.0. The standard InChI is InChI=1S/C25H29ClO/c1-16(2)19-13-12-17(3)14-23(19)27-24-15-18-8-4-5-9-20(18)25(26)22-11-7-6-10-21(22)24/h4-11,15-17,19,23,25H,12-14H2,1-3H3/t17-,19+,23?,25?/m1/s1. The lowest BCUT2D eigenvalue weighted by Gasteiger charge is -2.38. The smallest absolute Gasteiger partial charge is 0.127 e. The number of hydrogen-bond donors (Lipinski definition) is 0. The van der Waals surface area contributed by atoms with Gasteiger partial charge in [0.25, 0.3) is 0 Å². The van der Waals surface area contributed by atoms with E-state index in [1.165, 1.54) is 12.8 Å². The van der Waals surface area contributed by atoms with Gasteiger partial charge in [-0.1, -0.05) is 75.7 Å². The van der Waals surface area contributed by atoms with Crippen LogP contribution in [-0.4, -0.2) is 6.10 Å². The first-order chi connectivity index (χ1) is 13.0. The average molecular weight is 381 g/mol. The molecule has 2 heteroatoms. The van der Waals surface area contributed by atoms with Crippen LogP contribution in [0.25, 0.3) is 11.8 Å². The van der Waals surface area contributed by atoms with E-state index in [1.807, 2.05) is 0 Å². The summed E-state index contributed by atoms with van der Waals surface area (Å²) in [6.45, 7) is 7.01. The maximum atomic E-state index is 6.90. The van der Waals surface area contributed by atoms with E-state index < -0.39 is 0 Å². The van der Waals surface area contributed by atoms with Gasteiger partial charge in [-0.2, -0.15) is 0 Å². The molecule has 0 radical (unpaired) electrons. The van der Waals surface area contributed by atoms with Gasteiger partial charge in [0.05, 0.1) is 5.38 Å². The summed E-state index contributed by atoms with van der Waals surface area (Å²) < 4.78 is 6.79. The molecule has 0 N–H and O–H groups in total. The van der Waals surface area contributed by atoms with E-state index in [0.717, 1.165) is 40.4 Å². The summed E-state index contributed by atoms with van der Waals surface area (Å²) in [5.74, 6) is 2.95. The van der Waals surface area contributed by atoms with Crippen molar-refractivity contribution in [1.29, 1.82) is 0 Å². The summed E-state index contributed by atoms with van der Waals surface area (Å²) in [7, 11) is 0. The zero-order valence-electron chi connectivity index (χ0n) is 16.5. The molecule has 2 aromatic rings. The van der Waals surface area contributed by atoms with Crippen LogP contribution in [0.4, 0.5) is 0 Å². The van der Waals surface area contributed by atoms with Gasteiger partial charge in [0.2, 0.25) is 0 Å². The van der Waals surface area contributed by atoms with Gasteiger partial charge in [-0.15, -0.1) is 11.6 Å². The fourth-order valence-corrected chi connectivity index (χ4v) is 5.10. The van der Waals surface area contributed by atoms with E-state index in [2.05, 4.69) is 75.4 Å². The Bertz CT molecular complexity index is 838. The molecule has 27 heavy (non-hydrogen) atoms. The summed E-state index contributed by atoms with van der Waals surface area (Å²) in [6.07, 6.45) is 6.17. The second-order valence-electron chi connectivity index (χ2n) is 8.57. The lowest BCUT2D eigenvalue weighted by atomic mass is 9.75. The molecular formula is C25H29ClO. The van der Waals surface area contributed by atoms with Crippen LogP contribution in [0.1, 0.15) is 67.7 Å². The number of benzene rings is 2. The van der Waals surface area contributed by atoms with E-state index >= 15 is 0 Å². The Morgan fingerprint density at radius 3 is 2.44 bits per heavy atom. The Hall–Kier alpha value is -1.73. The highest BCUT2D eigenvalue weighted by Gasteiger charge is 2.34. The molecule has 2 unspecified atom stereocenters. The Kier molecular flexibility index (Phi) is 5.32. The third kappa shape index (κ3) is 3.67. The average Bonchev–Trinajstić information content (AvgIpc) is 2.78. The van der Waals surface area contributed by atoms with Gasteiger partial charge < -0.3 is 4.74 Å². The number of halogens is 1. The third-order valence-corrected chi connectivity index (χ3v) is 6.76. The first-order valence-corrected chi connectivity index (χ1v) is 10.7. The molecule has 2 aliphatic carbocycles. The Labute approximate surface area is 168 Å². The maximum absolute atomic E-state index is 6.90. The van der Waals surface area contributed by atoms with Crippen molar-refractivity contribution in [3.05, 3.63) is 70.8 Å². The van der Waals surface area contributed by atoms with Gasteiger partial charge in [0.15, 0.2) is 0 Å². The van der Waals surface area contributed by atoms with Gasteiger partial charge in [-0.05, 0) is 53.4 Å². The summed E-state index contributed by atoms with van der Waals surface area (Å²) in [5.41, 5.74) is 4.59. The van der Waals surface area contributed by atoms with Crippen LogP contribution < -0.4 is 0 Å². The van der Waals surface area contributed by atoms with Crippen LogP contribution in [0.15, 0.2) is 48.5 Å². The minimum absolute atomic E-state index is 0.152. The topological polar surface area (TPSA) is 9.23 Å². The zero-order valence-corrected chi connectivity index (χ0v) is 17.2. The van der Waals surface area contributed by atoms with E-state index in [9.17, 15) is 0 Å². The van der Waals surface area contributed by atoms with Gasteiger partial charge in [0, 0.05) is 5.56 Å². The highest BCUT2D eigenvalue weighted by atomic mass is 35.5. The first-order valence-electron chi connectivity index (χ1n) is 10.2. The number of hydrogen-bond acceptors (Lipinski definition) is 1. The number of fused-ring (bicyclic) bond motifs is 2. The first kappa shape index (κ1) is 18.6. The molecule has 4 atom stereocenters. The van der Waals surface area contributed by atoms with Crippen LogP contribution in [0.2, 0.25) is 0 Å². The van der Waals surface area contributed by atoms with Crippen LogP contribution in [0.3, 0.4) is 0 Å². The Balaban J connectivity index is 1.76. The van der Waals surface area contributed by atoms with Crippen molar-refractivity contribution >= 4 is 23.4 Å². The molecule has 0 bridgehead atoms.